The molecule has 1 aromatic rings. The number of rotatable bonds is 3. The Morgan fingerprint density at radius 2 is 2.12 bits per heavy atom. The maximum atomic E-state index is 12.3. The molecule has 1 aromatic heterocycles. The molecule has 2 aliphatic carbocycles. The molecule has 0 radical (unpaired) electrons. The van der Waals surface area contributed by atoms with Gasteiger partial charge in [0.2, 0.25) is 0 Å². The molecule has 5 heteroatoms. The first kappa shape index (κ1) is 16.8. The predicted octanol–water partition coefficient (Wildman–Crippen LogP) is 3.49. The number of aromatic nitrogens is 1. The van der Waals surface area contributed by atoms with Crippen molar-refractivity contribution in [1.82, 2.24) is 9.88 Å². The third kappa shape index (κ3) is 3.25. The number of ether oxygens (including phenoxy) is 1. The minimum atomic E-state index is -0.507. The molecule has 0 aromatic carbocycles. The number of hydrogen-bond acceptors (Lipinski definition) is 3. The second-order valence-corrected chi connectivity index (χ2v) is 7.73. The van der Waals surface area contributed by atoms with E-state index in [1.165, 1.54) is 11.3 Å². The number of carbonyl (C=O) groups is 2. The van der Waals surface area contributed by atoms with Gasteiger partial charge >= 0.3 is 6.09 Å². The van der Waals surface area contributed by atoms with Crippen molar-refractivity contribution in [2.24, 2.45) is 0 Å². The predicted molar refractivity (Wildman–Crippen MR) is 93.3 cm³/mol. The van der Waals surface area contributed by atoms with Crippen LogP contribution < -0.4 is 5.32 Å². The summed E-state index contributed by atoms with van der Waals surface area (Å²) in [6, 6.07) is -0.0773. The number of ketones is 1. The zero-order chi connectivity index (χ0) is 17.5. The van der Waals surface area contributed by atoms with Gasteiger partial charge in [0.15, 0.2) is 5.78 Å². The van der Waals surface area contributed by atoms with Crippen molar-refractivity contribution in [2.75, 3.05) is 0 Å². The standard InChI is InChI=1S/C19H26N2O3/c1-12(20-18(23)24-19(2,3)4)11-21-14-8-5-7-13(14)17-15(21)9-6-10-16(17)22/h6,9,12H,5,7-8,10-11H2,1-4H3,(H,20,23)/t12-/m0/s1. The van der Waals surface area contributed by atoms with Crippen LogP contribution in [0.15, 0.2) is 6.08 Å². The Bertz CT molecular complexity index is 707. The van der Waals surface area contributed by atoms with Crippen LogP contribution >= 0.6 is 0 Å². The fraction of sp³-hybridized carbons (Fsp3) is 0.579. The van der Waals surface area contributed by atoms with Crippen LogP contribution in [-0.2, 0) is 24.1 Å². The van der Waals surface area contributed by atoms with Gasteiger partial charge in [0.1, 0.15) is 5.60 Å². The van der Waals surface area contributed by atoms with Crippen LogP contribution in [0.1, 0.15) is 67.8 Å². The number of nitrogens with one attached hydrogen (secondary N) is 1. The third-order valence-corrected chi connectivity index (χ3v) is 4.44. The lowest BCUT2D eigenvalue weighted by atomic mass is 9.98. The Hall–Kier alpha value is -2.04. The van der Waals surface area contributed by atoms with Crippen LogP contribution in [0.2, 0.25) is 0 Å². The lowest BCUT2D eigenvalue weighted by molar-refractivity contribution is 0.0504. The number of carbonyl (C=O) groups excluding carboxylic acids is 2. The highest BCUT2D eigenvalue weighted by molar-refractivity contribution is 6.04. The summed E-state index contributed by atoms with van der Waals surface area (Å²) in [5.41, 5.74) is 3.90. The molecule has 0 fully saturated rings. The molecule has 1 atom stereocenters. The summed E-state index contributed by atoms with van der Waals surface area (Å²) in [6.07, 6.45) is 7.16. The fourth-order valence-electron chi connectivity index (χ4n) is 3.63. The van der Waals surface area contributed by atoms with Crippen molar-refractivity contribution in [1.29, 1.82) is 0 Å². The molecule has 0 aliphatic heterocycles. The zero-order valence-corrected chi connectivity index (χ0v) is 14.9. The summed E-state index contributed by atoms with van der Waals surface area (Å²) in [5, 5.41) is 2.89. The molecular weight excluding hydrogens is 304 g/mol. The molecule has 2 aliphatic rings. The van der Waals surface area contributed by atoms with Crippen molar-refractivity contribution >= 4 is 18.0 Å². The van der Waals surface area contributed by atoms with Crippen molar-refractivity contribution in [3.63, 3.8) is 0 Å². The van der Waals surface area contributed by atoms with E-state index in [9.17, 15) is 9.59 Å². The van der Waals surface area contributed by atoms with Crippen LogP contribution in [0, 0.1) is 0 Å². The van der Waals surface area contributed by atoms with Gasteiger partial charge in [-0.2, -0.15) is 0 Å². The lowest BCUT2D eigenvalue weighted by Gasteiger charge is -2.23. The largest absolute Gasteiger partial charge is 0.444 e. The van der Waals surface area contributed by atoms with E-state index in [4.69, 9.17) is 4.74 Å². The summed E-state index contributed by atoms with van der Waals surface area (Å²) >= 11 is 0. The number of fused-ring (bicyclic) bond motifs is 3. The molecule has 0 unspecified atom stereocenters. The number of amides is 1. The first-order valence-electron chi connectivity index (χ1n) is 8.70. The zero-order valence-electron chi connectivity index (χ0n) is 14.9. The van der Waals surface area contributed by atoms with Gasteiger partial charge in [-0.05, 0) is 58.6 Å². The van der Waals surface area contributed by atoms with Crippen molar-refractivity contribution in [3.05, 3.63) is 28.6 Å². The SMILES string of the molecule is C[C@@H](Cn1c2c(c3c1CCC3)C(=O)CC=C2)NC(=O)OC(C)(C)C. The summed E-state index contributed by atoms with van der Waals surface area (Å²) in [7, 11) is 0. The minimum Gasteiger partial charge on any atom is -0.444 e. The van der Waals surface area contributed by atoms with Gasteiger partial charge in [0, 0.05) is 30.3 Å². The quantitative estimate of drug-likeness (QED) is 0.923. The number of Topliss-reactive ketones (excluding diaryl/α,β-unsaturated/α-hetero) is 1. The van der Waals surface area contributed by atoms with Crippen LogP contribution in [0.4, 0.5) is 4.79 Å². The molecule has 0 spiro atoms. The van der Waals surface area contributed by atoms with Gasteiger partial charge in [-0.1, -0.05) is 6.08 Å². The van der Waals surface area contributed by atoms with E-state index in [0.29, 0.717) is 13.0 Å². The molecular formula is C19H26N2O3. The highest BCUT2D eigenvalue weighted by Gasteiger charge is 2.30. The van der Waals surface area contributed by atoms with Crippen LogP contribution in [0.5, 0.6) is 0 Å². The average molecular weight is 330 g/mol. The number of allylic oxidation sites excluding steroid dienone is 1. The number of hydrogen-bond donors (Lipinski definition) is 1. The third-order valence-electron chi connectivity index (χ3n) is 4.44. The van der Waals surface area contributed by atoms with Gasteiger partial charge < -0.3 is 14.6 Å². The molecule has 1 heterocycles. The molecule has 130 valence electrons. The molecule has 3 rings (SSSR count). The summed E-state index contributed by atoms with van der Waals surface area (Å²) in [4.78, 5) is 24.3. The first-order chi connectivity index (χ1) is 11.3. The van der Waals surface area contributed by atoms with Crippen LogP contribution in [0.3, 0.4) is 0 Å². The Kier molecular flexibility index (Phi) is 4.28. The second kappa shape index (κ2) is 6.11. The smallest absolute Gasteiger partial charge is 0.407 e. The minimum absolute atomic E-state index is 0.0773. The van der Waals surface area contributed by atoms with Gasteiger partial charge in [-0.3, -0.25) is 4.79 Å². The Morgan fingerprint density at radius 1 is 1.38 bits per heavy atom. The topological polar surface area (TPSA) is 60.3 Å². The fourth-order valence-corrected chi connectivity index (χ4v) is 3.63. The molecule has 5 nitrogen and oxygen atoms in total. The van der Waals surface area contributed by atoms with Crippen molar-refractivity contribution < 1.29 is 14.3 Å². The molecule has 0 bridgehead atoms. The van der Waals surface area contributed by atoms with E-state index in [1.54, 1.807) is 0 Å². The van der Waals surface area contributed by atoms with E-state index in [1.807, 2.05) is 33.8 Å². The van der Waals surface area contributed by atoms with E-state index in [-0.39, 0.29) is 11.8 Å². The summed E-state index contributed by atoms with van der Waals surface area (Å²) in [5.74, 6) is 0.220. The maximum Gasteiger partial charge on any atom is 0.407 e. The second-order valence-electron chi connectivity index (χ2n) is 7.73. The molecule has 1 amide bonds. The Morgan fingerprint density at radius 3 is 2.83 bits per heavy atom. The normalized spacial score (nSPS) is 17.4. The number of nitrogens with zero attached hydrogens (tertiary/aromatic N) is 1. The Labute approximate surface area is 143 Å². The van der Waals surface area contributed by atoms with Gasteiger partial charge in [0.05, 0.1) is 5.69 Å². The molecule has 1 N–H and O–H groups in total. The van der Waals surface area contributed by atoms with Crippen LogP contribution in [0.25, 0.3) is 6.08 Å². The summed E-state index contributed by atoms with van der Waals surface area (Å²) in [6.45, 7) is 8.16. The van der Waals surface area contributed by atoms with Gasteiger partial charge in [-0.25, -0.2) is 4.79 Å². The molecule has 0 saturated carbocycles. The van der Waals surface area contributed by atoms with Crippen molar-refractivity contribution in [3.8, 4) is 0 Å². The maximum absolute atomic E-state index is 12.3. The highest BCUT2D eigenvalue weighted by Crippen LogP contribution is 2.34. The van der Waals surface area contributed by atoms with E-state index in [2.05, 4.69) is 16.0 Å². The van der Waals surface area contributed by atoms with Crippen LogP contribution in [-0.4, -0.2) is 28.1 Å². The Balaban J connectivity index is 1.79. The summed E-state index contributed by atoms with van der Waals surface area (Å²) < 4.78 is 7.54. The monoisotopic (exact) mass is 330 g/mol. The molecule has 0 saturated heterocycles. The molecule has 24 heavy (non-hydrogen) atoms. The van der Waals surface area contributed by atoms with E-state index >= 15 is 0 Å². The van der Waals surface area contributed by atoms with Gasteiger partial charge in [0.25, 0.3) is 0 Å². The average Bonchev–Trinajstić information content (AvgIpc) is 3.00. The van der Waals surface area contributed by atoms with Crippen molar-refractivity contribution in [2.45, 2.75) is 71.6 Å². The lowest BCUT2D eigenvalue weighted by Crippen LogP contribution is -2.40. The number of alkyl carbamates (subject to hydrolysis) is 1. The van der Waals surface area contributed by atoms with E-state index < -0.39 is 11.7 Å². The van der Waals surface area contributed by atoms with E-state index in [0.717, 1.165) is 30.5 Å². The van der Waals surface area contributed by atoms with Gasteiger partial charge in [-0.15, -0.1) is 0 Å². The first-order valence-corrected chi connectivity index (χ1v) is 8.70. The highest BCUT2D eigenvalue weighted by atomic mass is 16.6.